The normalized spacial score (nSPS) is 19.2. The fourth-order valence-corrected chi connectivity index (χ4v) is 2.61. The molecular formula is C16H22N2. The Morgan fingerprint density at radius 2 is 2.11 bits per heavy atom. The number of rotatable bonds is 3. The monoisotopic (exact) mass is 242 g/mol. The van der Waals surface area contributed by atoms with Crippen LogP contribution in [0.5, 0.6) is 0 Å². The molecule has 0 spiro atoms. The summed E-state index contributed by atoms with van der Waals surface area (Å²) >= 11 is 0. The zero-order chi connectivity index (χ0) is 13.0. The lowest BCUT2D eigenvalue weighted by Crippen LogP contribution is -2.37. The molecule has 0 saturated carbocycles. The van der Waals surface area contributed by atoms with E-state index >= 15 is 0 Å². The highest BCUT2D eigenvalue weighted by molar-refractivity contribution is 5.50. The van der Waals surface area contributed by atoms with Crippen molar-refractivity contribution in [2.24, 2.45) is 5.92 Å². The van der Waals surface area contributed by atoms with Gasteiger partial charge in [0.1, 0.15) is 0 Å². The summed E-state index contributed by atoms with van der Waals surface area (Å²) in [6.45, 7) is 4.70. The molecule has 1 aliphatic rings. The second-order valence-electron chi connectivity index (χ2n) is 5.30. The standard InChI is InChI=1S/C16H22N2/c1-4-14-6-5-7-16(12-14)17-13(2)15-8-10-18(3)11-9-15/h1,5-7,12-13,15,17H,8-11H2,2-3H3. The number of nitrogens with zero attached hydrogens (tertiary/aromatic N) is 1. The maximum atomic E-state index is 5.42. The Balaban J connectivity index is 1.94. The number of nitrogens with one attached hydrogen (secondary N) is 1. The van der Waals surface area contributed by atoms with Gasteiger partial charge in [0.15, 0.2) is 0 Å². The van der Waals surface area contributed by atoms with Gasteiger partial charge in [-0.1, -0.05) is 12.0 Å². The van der Waals surface area contributed by atoms with E-state index in [0.29, 0.717) is 6.04 Å². The van der Waals surface area contributed by atoms with E-state index in [2.05, 4.69) is 36.2 Å². The highest BCUT2D eigenvalue weighted by atomic mass is 15.1. The first-order valence-electron chi connectivity index (χ1n) is 6.71. The molecule has 2 heteroatoms. The summed E-state index contributed by atoms with van der Waals surface area (Å²) < 4.78 is 0. The van der Waals surface area contributed by atoms with Gasteiger partial charge in [-0.15, -0.1) is 6.42 Å². The van der Waals surface area contributed by atoms with Gasteiger partial charge in [0.05, 0.1) is 0 Å². The Morgan fingerprint density at radius 3 is 2.78 bits per heavy atom. The first kappa shape index (κ1) is 13.0. The van der Waals surface area contributed by atoms with Gasteiger partial charge in [-0.2, -0.15) is 0 Å². The van der Waals surface area contributed by atoms with Crippen molar-refractivity contribution in [1.29, 1.82) is 0 Å². The predicted molar refractivity (Wildman–Crippen MR) is 77.7 cm³/mol. The van der Waals surface area contributed by atoms with E-state index < -0.39 is 0 Å². The maximum Gasteiger partial charge on any atom is 0.0354 e. The molecule has 1 N–H and O–H groups in total. The fourth-order valence-electron chi connectivity index (χ4n) is 2.61. The molecular weight excluding hydrogens is 220 g/mol. The lowest BCUT2D eigenvalue weighted by molar-refractivity contribution is 0.208. The van der Waals surface area contributed by atoms with Crippen LogP contribution in [0, 0.1) is 18.3 Å². The number of hydrogen-bond acceptors (Lipinski definition) is 2. The molecule has 2 nitrogen and oxygen atoms in total. The summed E-state index contributed by atoms with van der Waals surface area (Å²) in [5, 5.41) is 3.59. The van der Waals surface area contributed by atoms with E-state index in [1.807, 2.05) is 18.2 Å². The summed E-state index contributed by atoms with van der Waals surface area (Å²) in [5.41, 5.74) is 2.08. The minimum atomic E-state index is 0.506. The van der Waals surface area contributed by atoms with Crippen molar-refractivity contribution in [1.82, 2.24) is 4.90 Å². The maximum absolute atomic E-state index is 5.42. The molecule has 0 bridgehead atoms. The summed E-state index contributed by atoms with van der Waals surface area (Å²) in [6, 6.07) is 8.62. The minimum absolute atomic E-state index is 0.506. The van der Waals surface area contributed by atoms with E-state index in [0.717, 1.165) is 17.2 Å². The zero-order valence-corrected chi connectivity index (χ0v) is 11.3. The van der Waals surface area contributed by atoms with Gasteiger partial charge in [-0.05, 0) is 64.0 Å². The van der Waals surface area contributed by atoms with Gasteiger partial charge in [0, 0.05) is 17.3 Å². The number of hydrogen-bond donors (Lipinski definition) is 1. The second-order valence-corrected chi connectivity index (χ2v) is 5.30. The van der Waals surface area contributed by atoms with E-state index in [-0.39, 0.29) is 0 Å². The first-order chi connectivity index (χ1) is 8.69. The van der Waals surface area contributed by atoms with Gasteiger partial charge in [0.2, 0.25) is 0 Å². The topological polar surface area (TPSA) is 15.3 Å². The van der Waals surface area contributed by atoms with Gasteiger partial charge >= 0.3 is 0 Å². The lowest BCUT2D eigenvalue weighted by Gasteiger charge is -2.33. The van der Waals surface area contributed by atoms with E-state index in [4.69, 9.17) is 6.42 Å². The van der Waals surface area contributed by atoms with Crippen LogP contribution in [0.2, 0.25) is 0 Å². The van der Waals surface area contributed by atoms with Crippen LogP contribution in [-0.4, -0.2) is 31.1 Å². The van der Waals surface area contributed by atoms with Crippen molar-refractivity contribution in [2.75, 3.05) is 25.5 Å². The van der Waals surface area contributed by atoms with E-state index in [1.165, 1.54) is 25.9 Å². The number of piperidine rings is 1. The fraction of sp³-hybridized carbons (Fsp3) is 0.500. The zero-order valence-electron chi connectivity index (χ0n) is 11.3. The van der Waals surface area contributed by atoms with Gasteiger partial charge in [0.25, 0.3) is 0 Å². The Bertz CT molecular complexity index is 425. The highest BCUT2D eigenvalue weighted by Gasteiger charge is 2.21. The van der Waals surface area contributed by atoms with Crippen LogP contribution in [0.1, 0.15) is 25.3 Å². The molecule has 1 saturated heterocycles. The second kappa shape index (κ2) is 5.93. The third kappa shape index (κ3) is 3.27. The SMILES string of the molecule is C#Cc1cccc(NC(C)C2CCN(C)CC2)c1. The Labute approximate surface area is 110 Å². The predicted octanol–water partition coefficient (Wildman–Crippen LogP) is 2.81. The molecule has 1 heterocycles. The van der Waals surface area contributed by atoms with Gasteiger partial charge in [-0.3, -0.25) is 0 Å². The average Bonchev–Trinajstić information content (AvgIpc) is 2.39. The number of terminal acetylenes is 1. The van der Waals surface area contributed by atoms with Crippen LogP contribution in [-0.2, 0) is 0 Å². The number of benzene rings is 1. The average molecular weight is 242 g/mol. The van der Waals surface area contributed by atoms with Crippen molar-refractivity contribution < 1.29 is 0 Å². The van der Waals surface area contributed by atoms with Crippen LogP contribution >= 0.6 is 0 Å². The molecule has 96 valence electrons. The number of anilines is 1. The van der Waals surface area contributed by atoms with Crippen molar-refractivity contribution >= 4 is 5.69 Å². The van der Waals surface area contributed by atoms with Crippen molar-refractivity contribution in [3.63, 3.8) is 0 Å². The van der Waals surface area contributed by atoms with Crippen LogP contribution in [0.3, 0.4) is 0 Å². The molecule has 0 aromatic heterocycles. The largest absolute Gasteiger partial charge is 0.382 e. The molecule has 1 aromatic rings. The minimum Gasteiger partial charge on any atom is -0.382 e. The first-order valence-corrected chi connectivity index (χ1v) is 6.71. The quantitative estimate of drug-likeness (QED) is 0.820. The Hall–Kier alpha value is -1.46. The molecule has 0 amide bonds. The van der Waals surface area contributed by atoms with Crippen LogP contribution in [0.4, 0.5) is 5.69 Å². The molecule has 1 atom stereocenters. The third-order valence-electron chi connectivity index (χ3n) is 3.89. The molecule has 1 unspecified atom stereocenters. The molecule has 0 aliphatic carbocycles. The van der Waals surface area contributed by atoms with Crippen LogP contribution in [0.15, 0.2) is 24.3 Å². The van der Waals surface area contributed by atoms with Crippen LogP contribution in [0.25, 0.3) is 0 Å². The highest BCUT2D eigenvalue weighted by Crippen LogP contribution is 2.22. The van der Waals surface area contributed by atoms with Crippen LogP contribution < -0.4 is 5.32 Å². The summed E-state index contributed by atoms with van der Waals surface area (Å²) in [7, 11) is 2.20. The lowest BCUT2D eigenvalue weighted by atomic mass is 9.90. The Morgan fingerprint density at radius 1 is 1.39 bits per heavy atom. The molecule has 1 fully saturated rings. The Kier molecular flexibility index (Phi) is 4.28. The van der Waals surface area contributed by atoms with Gasteiger partial charge in [-0.25, -0.2) is 0 Å². The van der Waals surface area contributed by atoms with E-state index in [1.54, 1.807) is 0 Å². The smallest absolute Gasteiger partial charge is 0.0354 e. The summed E-state index contributed by atoms with van der Waals surface area (Å²) in [4.78, 5) is 2.40. The molecule has 18 heavy (non-hydrogen) atoms. The third-order valence-corrected chi connectivity index (χ3v) is 3.89. The van der Waals surface area contributed by atoms with Crippen molar-refractivity contribution in [3.8, 4) is 12.3 Å². The molecule has 2 rings (SSSR count). The van der Waals surface area contributed by atoms with Gasteiger partial charge < -0.3 is 10.2 Å². The number of likely N-dealkylation sites (tertiary alicyclic amines) is 1. The summed E-state index contributed by atoms with van der Waals surface area (Å²) in [5.74, 6) is 3.44. The van der Waals surface area contributed by atoms with E-state index in [9.17, 15) is 0 Å². The molecule has 0 radical (unpaired) electrons. The molecule has 1 aliphatic heterocycles. The summed E-state index contributed by atoms with van der Waals surface area (Å²) in [6.07, 6.45) is 7.98. The van der Waals surface area contributed by atoms with Crippen molar-refractivity contribution in [2.45, 2.75) is 25.8 Å². The molecule has 1 aromatic carbocycles. The van der Waals surface area contributed by atoms with Crippen molar-refractivity contribution in [3.05, 3.63) is 29.8 Å².